The molecular formula is C17H21NO4. The number of furan rings is 1. The fourth-order valence-corrected chi connectivity index (χ4v) is 2.74. The van der Waals surface area contributed by atoms with Crippen molar-refractivity contribution in [1.82, 2.24) is 4.90 Å². The Morgan fingerprint density at radius 3 is 2.86 bits per heavy atom. The Morgan fingerprint density at radius 1 is 1.32 bits per heavy atom. The van der Waals surface area contributed by atoms with E-state index in [1.165, 1.54) is 0 Å². The quantitative estimate of drug-likeness (QED) is 0.874. The Morgan fingerprint density at radius 2 is 2.14 bits per heavy atom. The SMILES string of the molecule is Cc1ccc2c(C)c(C(=O)N(C)C[C@H]3COCCO3)oc2c1. The number of amides is 1. The van der Waals surface area contributed by atoms with Crippen LogP contribution in [0.3, 0.4) is 0 Å². The first-order valence-corrected chi connectivity index (χ1v) is 7.51. The summed E-state index contributed by atoms with van der Waals surface area (Å²) < 4.78 is 16.7. The van der Waals surface area contributed by atoms with Crippen LogP contribution in [0.1, 0.15) is 21.7 Å². The summed E-state index contributed by atoms with van der Waals surface area (Å²) in [5, 5.41) is 0.986. The summed E-state index contributed by atoms with van der Waals surface area (Å²) in [6.07, 6.45) is -0.0744. The molecule has 0 bridgehead atoms. The van der Waals surface area contributed by atoms with Crippen molar-refractivity contribution in [3.8, 4) is 0 Å². The minimum atomic E-state index is -0.125. The standard InChI is InChI=1S/C17H21NO4/c1-11-4-5-14-12(2)16(22-15(14)8-11)17(19)18(3)9-13-10-20-6-7-21-13/h4-5,8,13H,6-7,9-10H2,1-3H3/t13-/m0/s1. The lowest BCUT2D eigenvalue weighted by molar-refractivity contribution is -0.0934. The minimum Gasteiger partial charge on any atom is -0.451 e. The molecule has 1 saturated heterocycles. The first-order chi connectivity index (χ1) is 10.6. The highest BCUT2D eigenvalue weighted by atomic mass is 16.6. The number of ether oxygens (including phenoxy) is 2. The third-order valence-corrected chi connectivity index (χ3v) is 4.00. The monoisotopic (exact) mass is 303 g/mol. The van der Waals surface area contributed by atoms with Crippen molar-refractivity contribution in [3.05, 3.63) is 35.1 Å². The number of nitrogens with zero attached hydrogens (tertiary/aromatic N) is 1. The van der Waals surface area contributed by atoms with Gasteiger partial charge in [-0.15, -0.1) is 0 Å². The fourth-order valence-electron chi connectivity index (χ4n) is 2.74. The van der Waals surface area contributed by atoms with Crippen LogP contribution in [0.15, 0.2) is 22.6 Å². The van der Waals surface area contributed by atoms with Gasteiger partial charge in [0.2, 0.25) is 0 Å². The zero-order valence-electron chi connectivity index (χ0n) is 13.2. The van der Waals surface area contributed by atoms with Crippen molar-refractivity contribution >= 4 is 16.9 Å². The van der Waals surface area contributed by atoms with Gasteiger partial charge in [0.1, 0.15) is 5.58 Å². The molecule has 3 rings (SSSR count). The second kappa shape index (κ2) is 6.10. The molecule has 0 N–H and O–H groups in total. The number of aryl methyl sites for hydroxylation is 2. The average molecular weight is 303 g/mol. The molecule has 22 heavy (non-hydrogen) atoms. The van der Waals surface area contributed by atoms with Crippen LogP contribution >= 0.6 is 0 Å². The number of fused-ring (bicyclic) bond motifs is 1. The topological polar surface area (TPSA) is 51.9 Å². The molecule has 0 spiro atoms. The lowest BCUT2D eigenvalue weighted by Crippen LogP contribution is -2.40. The third kappa shape index (κ3) is 2.87. The van der Waals surface area contributed by atoms with Crippen molar-refractivity contribution in [3.63, 3.8) is 0 Å². The van der Waals surface area contributed by atoms with E-state index in [0.29, 0.717) is 32.1 Å². The summed E-state index contributed by atoms with van der Waals surface area (Å²) in [6, 6.07) is 5.98. The molecule has 1 aromatic carbocycles. The van der Waals surface area contributed by atoms with E-state index < -0.39 is 0 Å². The van der Waals surface area contributed by atoms with E-state index in [1.807, 2.05) is 32.0 Å². The maximum absolute atomic E-state index is 12.6. The molecular weight excluding hydrogens is 282 g/mol. The molecule has 0 aliphatic carbocycles. The lowest BCUT2D eigenvalue weighted by atomic mass is 10.1. The van der Waals surface area contributed by atoms with E-state index in [1.54, 1.807) is 11.9 Å². The largest absolute Gasteiger partial charge is 0.451 e. The van der Waals surface area contributed by atoms with E-state index in [9.17, 15) is 4.79 Å². The number of benzene rings is 1. The van der Waals surface area contributed by atoms with E-state index in [0.717, 1.165) is 22.1 Å². The molecule has 5 heteroatoms. The van der Waals surface area contributed by atoms with E-state index in [4.69, 9.17) is 13.9 Å². The Kier molecular flexibility index (Phi) is 4.18. The Balaban J connectivity index is 1.80. The van der Waals surface area contributed by atoms with Gasteiger partial charge in [0.25, 0.3) is 5.91 Å². The van der Waals surface area contributed by atoms with Gasteiger partial charge in [-0.2, -0.15) is 0 Å². The van der Waals surface area contributed by atoms with Crippen LogP contribution in [0.25, 0.3) is 11.0 Å². The molecule has 118 valence electrons. The Bertz CT molecular complexity index is 685. The maximum atomic E-state index is 12.6. The Hall–Kier alpha value is -1.85. The van der Waals surface area contributed by atoms with Crippen LogP contribution in [0.2, 0.25) is 0 Å². The summed E-state index contributed by atoms with van der Waals surface area (Å²) in [4.78, 5) is 14.3. The van der Waals surface area contributed by atoms with E-state index in [2.05, 4.69) is 0 Å². The van der Waals surface area contributed by atoms with Crippen LogP contribution in [-0.4, -0.2) is 50.3 Å². The fraction of sp³-hybridized carbons (Fsp3) is 0.471. The highest BCUT2D eigenvalue weighted by Gasteiger charge is 2.24. The maximum Gasteiger partial charge on any atom is 0.289 e. The van der Waals surface area contributed by atoms with Gasteiger partial charge in [0.05, 0.1) is 25.9 Å². The first-order valence-electron chi connectivity index (χ1n) is 7.51. The number of likely N-dealkylation sites (N-methyl/N-ethyl adjacent to an activating group) is 1. The molecule has 0 radical (unpaired) electrons. The van der Waals surface area contributed by atoms with Crippen LogP contribution in [0, 0.1) is 13.8 Å². The molecule has 1 amide bonds. The molecule has 0 saturated carbocycles. The molecule has 1 aliphatic heterocycles. The molecule has 1 fully saturated rings. The second-order valence-electron chi connectivity index (χ2n) is 5.81. The van der Waals surface area contributed by atoms with Crippen molar-refractivity contribution in [2.75, 3.05) is 33.4 Å². The van der Waals surface area contributed by atoms with Crippen molar-refractivity contribution in [2.24, 2.45) is 0 Å². The predicted octanol–water partition coefficient (Wildman–Crippen LogP) is 2.54. The molecule has 2 aromatic rings. The zero-order chi connectivity index (χ0) is 15.7. The summed E-state index contributed by atoms with van der Waals surface area (Å²) in [5.41, 5.74) is 2.75. The second-order valence-corrected chi connectivity index (χ2v) is 5.81. The number of carbonyl (C=O) groups excluding carboxylic acids is 1. The number of carbonyl (C=O) groups is 1. The van der Waals surface area contributed by atoms with Gasteiger partial charge in [-0.25, -0.2) is 0 Å². The lowest BCUT2D eigenvalue weighted by Gasteiger charge is -2.27. The molecule has 5 nitrogen and oxygen atoms in total. The molecule has 1 atom stereocenters. The summed E-state index contributed by atoms with van der Waals surface area (Å²) in [6.45, 7) is 6.14. The normalized spacial score (nSPS) is 18.6. The van der Waals surface area contributed by atoms with Gasteiger partial charge in [-0.1, -0.05) is 12.1 Å². The minimum absolute atomic E-state index is 0.0744. The highest BCUT2D eigenvalue weighted by Crippen LogP contribution is 2.27. The molecule has 2 heterocycles. The summed E-state index contributed by atoms with van der Waals surface area (Å²) in [7, 11) is 1.76. The van der Waals surface area contributed by atoms with Crippen molar-refractivity contribution < 1.29 is 18.7 Å². The first kappa shape index (κ1) is 15.1. The van der Waals surface area contributed by atoms with Crippen LogP contribution in [0.5, 0.6) is 0 Å². The van der Waals surface area contributed by atoms with Crippen LogP contribution in [-0.2, 0) is 9.47 Å². The van der Waals surface area contributed by atoms with E-state index in [-0.39, 0.29) is 12.0 Å². The molecule has 1 aromatic heterocycles. The summed E-state index contributed by atoms with van der Waals surface area (Å²) >= 11 is 0. The summed E-state index contributed by atoms with van der Waals surface area (Å²) in [5.74, 6) is 0.278. The van der Waals surface area contributed by atoms with Gasteiger partial charge in [0.15, 0.2) is 5.76 Å². The van der Waals surface area contributed by atoms with Crippen molar-refractivity contribution in [1.29, 1.82) is 0 Å². The third-order valence-electron chi connectivity index (χ3n) is 4.00. The van der Waals surface area contributed by atoms with Gasteiger partial charge in [0, 0.05) is 24.5 Å². The van der Waals surface area contributed by atoms with E-state index >= 15 is 0 Å². The molecule has 1 aliphatic rings. The van der Waals surface area contributed by atoms with Gasteiger partial charge >= 0.3 is 0 Å². The van der Waals surface area contributed by atoms with Crippen LogP contribution in [0.4, 0.5) is 0 Å². The highest BCUT2D eigenvalue weighted by molar-refractivity contribution is 5.98. The number of hydrogen-bond donors (Lipinski definition) is 0. The zero-order valence-corrected chi connectivity index (χ0v) is 13.2. The van der Waals surface area contributed by atoms with Crippen molar-refractivity contribution in [2.45, 2.75) is 20.0 Å². The average Bonchev–Trinajstić information content (AvgIpc) is 2.83. The van der Waals surface area contributed by atoms with Gasteiger partial charge in [-0.3, -0.25) is 4.79 Å². The molecule has 0 unspecified atom stereocenters. The number of rotatable bonds is 3. The predicted molar refractivity (Wildman–Crippen MR) is 83.2 cm³/mol. The van der Waals surface area contributed by atoms with Crippen LogP contribution < -0.4 is 0 Å². The smallest absolute Gasteiger partial charge is 0.289 e. The number of hydrogen-bond acceptors (Lipinski definition) is 4. The Labute approximate surface area is 129 Å². The van der Waals surface area contributed by atoms with Gasteiger partial charge < -0.3 is 18.8 Å². The van der Waals surface area contributed by atoms with Gasteiger partial charge in [-0.05, 0) is 25.5 Å².